The molecule has 0 aliphatic heterocycles. The van der Waals surface area contributed by atoms with Crippen molar-refractivity contribution >= 4 is 16.9 Å². The van der Waals surface area contributed by atoms with Crippen LogP contribution in [-0.2, 0) is 0 Å². The normalized spacial score (nSPS) is 15.3. The quantitative estimate of drug-likeness (QED) is 0.768. The largest absolute Gasteiger partial charge is 0.493 e. The van der Waals surface area contributed by atoms with Crippen LogP contribution in [0.3, 0.4) is 0 Å². The van der Waals surface area contributed by atoms with E-state index in [4.69, 9.17) is 15.2 Å². The zero-order chi connectivity index (χ0) is 18.1. The highest BCUT2D eigenvalue weighted by molar-refractivity contribution is 5.88. The third kappa shape index (κ3) is 2.81. The van der Waals surface area contributed by atoms with Gasteiger partial charge in [-0.05, 0) is 18.9 Å². The summed E-state index contributed by atoms with van der Waals surface area (Å²) in [5, 5.41) is 5.45. The monoisotopic (exact) mass is 354 g/mol. The molecule has 0 radical (unpaired) electrons. The lowest BCUT2D eigenvalue weighted by atomic mass is 9.89. The van der Waals surface area contributed by atoms with Crippen molar-refractivity contribution in [2.45, 2.75) is 38.0 Å². The van der Waals surface area contributed by atoms with Crippen LogP contribution in [0.1, 0.15) is 43.8 Å². The van der Waals surface area contributed by atoms with Crippen molar-refractivity contribution in [2.75, 3.05) is 20.0 Å². The predicted molar refractivity (Wildman–Crippen MR) is 97.8 cm³/mol. The molecule has 1 aromatic carbocycles. The van der Waals surface area contributed by atoms with Crippen LogP contribution in [-0.4, -0.2) is 39.0 Å². The molecule has 0 spiro atoms. The maximum Gasteiger partial charge on any atom is 0.225 e. The second-order valence-electron chi connectivity index (χ2n) is 6.50. The summed E-state index contributed by atoms with van der Waals surface area (Å²) in [4.78, 5) is 13.2. The second-order valence-corrected chi connectivity index (χ2v) is 6.50. The molecule has 1 aliphatic carbocycles. The molecule has 0 bridgehead atoms. The van der Waals surface area contributed by atoms with Gasteiger partial charge < -0.3 is 15.2 Å². The van der Waals surface area contributed by atoms with Crippen LogP contribution in [0.25, 0.3) is 16.7 Å². The summed E-state index contributed by atoms with van der Waals surface area (Å²) < 4.78 is 12.4. The molecule has 2 N–H and O–H groups in total. The van der Waals surface area contributed by atoms with E-state index in [0.29, 0.717) is 29.2 Å². The fourth-order valence-corrected chi connectivity index (χ4v) is 3.57. The third-order valence-corrected chi connectivity index (χ3v) is 4.94. The molecule has 0 saturated heterocycles. The number of methoxy groups -OCH3 is 2. The number of hydrogen-bond acceptors (Lipinski definition) is 7. The molecule has 1 saturated carbocycles. The van der Waals surface area contributed by atoms with Crippen LogP contribution < -0.4 is 15.2 Å². The Morgan fingerprint density at radius 3 is 2.50 bits per heavy atom. The SMILES string of the molecule is COc1cc2ncnc(-n3nc(C4CCCCC4)nc3N)c2cc1OC. The number of fused-ring (bicyclic) bond motifs is 1. The van der Waals surface area contributed by atoms with E-state index in [1.807, 2.05) is 12.1 Å². The molecule has 8 heteroatoms. The Bertz CT molecular complexity index is 933. The van der Waals surface area contributed by atoms with Crippen molar-refractivity contribution < 1.29 is 9.47 Å². The number of hydrogen-bond donors (Lipinski definition) is 1. The van der Waals surface area contributed by atoms with Gasteiger partial charge in [0.15, 0.2) is 23.1 Å². The Kier molecular flexibility index (Phi) is 4.32. The highest BCUT2D eigenvalue weighted by Gasteiger charge is 2.22. The number of anilines is 1. The van der Waals surface area contributed by atoms with Crippen LogP contribution in [0.5, 0.6) is 11.5 Å². The first kappa shape index (κ1) is 16.6. The van der Waals surface area contributed by atoms with Gasteiger partial charge in [0, 0.05) is 17.4 Å². The molecular weight excluding hydrogens is 332 g/mol. The van der Waals surface area contributed by atoms with Crippen molar-refractivity contribution in [3.05, 3.63) is 24.3 Å². The number of nitrogens with zero attached hydrogens (tertiary/aromatic N) is 5. The van der Waals surface area contributed by atoms with Gasteiger partial charge in [0.2, 0.25) is 5.95 Å². The van der Waals surface area contributed by atoms with Crippen molar-refractivity contribution in [1.82, 2.24) is 24.7 Å². The lowest BCUT2D eigenvalue weighted by molar-refractivity contribution is 0.355. The second kappa shape index (κ2) is 6.78. The first-order chi connectivity index (χ1) is 12.7. The van der Waals surface area contributed by atoms with Crippen molar-refractivity contribution in [3.63, 3.8) is 0 Å². The summed E-state index contributed by atoms with van der Waals surface area (Å²) >= 11 is 0. The van der Waals surface area contributed by atoms with E-state index in [0.717, 1.165) is 29.6 Å². The van der Waals surface area contributed by atoms with E-state index in [1.54, 1.807) is 18.9 Å². The molecule has 3 aromatic rings. The summed E-state index contributed by atoms with van der Waals surface area (Å²) in [7, 11) is 3.19. The highest BCUT2D eigenvalue weighted by Crippen LogP contribution is 2.34. The molecule has 0 amide bonds. The fourth-order valence-electron chi connectivity index (χ4n) is 3.57. The Hall–Kier alpha value is -2.90. The summed E-state index contributed by atoms with van der Waals surface area (Å²) in [6, 6.07) is 3.65. The minimum atomic E-state index is 0.334. The van der Waals surface area contributed by atoms with Crippen LogP contribution >= 0.6 is 0 Å². The van der Waals surface area contributed by atoms with E-state index >= 15 is 0 Å². The number of nitrogens with two attached hydrogens (primary N) is 1. The number of aromatic nitrogens is 5. The zero-order valence-corrected chi connectivity index (χ0v) is 15.0. The summed E-state index contributed by atoms with van der Waals surface area (Å²) in [5.74, 6) is 3.30. The average molecular weight is 354 g/mol. The van der Waals surface area contributed by atoms with Crippen LogP contribution in [0.4, 0.5) is 5.95 Å². The van der Waals surface area contributed by atoms with Crippen LogP contribution in [0, 0.1) is 0 Å². The molecule has 4 rings (SSSR count). The third-order valence-electron chi connectivity index (χ3n) is 4.94. The fraction of sp³-hybridized carbons (Fsp3) is 0.444. The van der Waals surface area contributed by atoms with E-state index in [-0.39, 0.29) is 0 Å². The van der Waals surface area contributed by atoms with Gasteiger partial charge in [-0.25, -0.2) is 9.97 Å². The van der Waals surface area contributed by atoms with Crippen LogP contribution in [0.15, 0.2) is 18.5 Å². The highest BCUT2D eigenvalue weighted by atomic mass is 16.5. The molecule has 136 valence electrons. The summed E-state index contributed by atoms with van der Waals surface area (Å²) in [6.07, 6.45) is 7.42. The minimum Gasteiger partial charge on any atom is -0.493 e. The number of nitrogen functional groups attached to an aromatic ring is 1. The maximum atomic E-state index is 6.17. The van der Waals surface area contributed by atoms with E-state index < -0.39 is 0 Å². The van der Waals surface area contributed by atoms with Gasteiger partial charge in [-0.15, -0.1) is 5.10 Å². The number of benzene rings is 1. The molecular formula is C18H22N6O2. The van der Waals surface area contributed by atoms with E-state index in [2.05, 4.69) is 20.1 Å². The molecule has 2 heterocycles. The Labute approximate surface area is 151 Å². The minimum absolute atomic E-state index is 0.334. The van der Waals surface area contributed by atoms with Crippen molar-refractivity contribution in [1.29, 1.82) is 0 Å². The lowest BCUT2D eigenvalue weighted by Gasteiger charge is -2.18. The summed E-state index contributed by atoms with van der Waals surface area (Å²) in [5.41, 5.74) is 6.89. The molecule has 8 nitrogen and oxygen atoms in total. The van der Waals surface area contributed by atoms with Gasteiger partial charge in [-0.3, -0.25) is 0 Å². The molecule has 1 fully saturated rings. The first-order valence-corrected chi connectivity index (χ1v) is 8.80. The predicted octanol–water partition coefficient (Wildman–Crippen LogP) is 2.86. The lowest BCUT2D eigenvalue weighted by Crippen LogP contribution is -2.08. The Morgan fingerprint density at radius 2 is 1.77 bits per heavy atom. The topological polar surface area (TPSA) is 101 Å². The molecule has 2 aromatic heterocycles. The van der Waals surface area contributed by atoms with Gasteiger partial charge >= 0.3 is 0 Å². The standard InChI is InChI=1S/C18H22N6O2/c1-25-14-8-12-13(9-15(14)26-2)20-10-21-17(12)24-18(19)22-16(23-24)11-6-4-3-5-7-11/h8-11H,3-7H2,1-2H3,(H2,19,22,23). The zero-order valence-electron chi connectivity index (χ0n) is 15.0. The van der Waals surface area contributed by atoms with E-state index in [9.17, 15) is 0 Å². The van der Waals surface area contributed by atoms with Crippen molar-refractivity contribution in [3.8, 4) is 17.3 Å². The molecule has 26 heavy (non-hydrogen) atoms. The molecule has 0 atom stereocenters. The first-order valence-electron chi connectivity index (χ1n) is 8.80. The Morgan fingerprint density at radius 1 is 1.04 bits per heavy atom. The summed E-state index contributed by atoms with van der Waals surface area (Å²) in [6.45, 7) is 0. The van der Waals surface area contributed by atoms with E-state index in [1.165, 1.54) is 25.6 Å². The smallest absolute Gasteiger partial charge is 0.225 e. The van der Waals surface area contributed by atoms with Gasteiger partial charge in [0.1, 0.15) is 6.33 Å². The van der Waals surface area contributed by atoms with Gasteiger partial charge in [-0.2, -0.15) is 9.67 Å². The molecule has 0 unspecified atom stereocenters. The van der Waals surface area contributed by atoms with Crippen molar-refractivity contribution in [2.24, 2.45) is 0 Å². The van der Waals surface area contributed by atoms with Gasteiger partial charge in [-0.1, -0.05) is 19.3 Å². The maximum absolute atomic E-state index is 6.17. The van der Waals surface area contributed by atoms with Gasteiger partial charge in [0.25, 0.3) is 0 Å². The number of ether oxygens (including phenoxy) is 2. The number of rotatable bonds is 4. The Balaban J connectivity index is 1.82. The van der Waals surface area contributed by atoms with Gasteiger partial charge in [0.05, 0.1) is 19.7 Å². The van der Waals surface area contributed by atoms with Crippen LogP contribution in [0.2, 0.25) is 0 Å². The average Bonchev–Trinajstić information content (AvgIpc) is 3.08. The molecule has 1 aliphatic rings.